The van der Waals surface area contributed by atoms with Gasteiger partial charge in [0, 0.05) is 31.2 Å². The Kier molecular flexibility index (Phi) is 6.05. The van der Waals surface area contributed by atoms with E-state index in [1.807, 2.05) is 0 Å². The number of carboxylic acids is 1. The van der Waals surface area contributed by atoms with E-state index < -0.39 is 34.1 Å². The lowest BCUT2D eigenvalue weighted by Gasteiger charge is -2.38. The molecule has 2 aromatic rings. The summed E-state index contributed by atoms with van der Waals surface area (Å²) in [6, 6.07) is 2.22. The largest absolute Gasteiger partial charge is 0.573 e. The zero-order valence-corrected chi connectivity index (χ0v) is 16.9. The van der Waals surface area contributed by atoms with Crippen LogP contribution in [0.15, 0.2) is 29.2 Å². The predicted octanol–water partition coefficient (Wildman–Crippen LogP) is 1.41. The van der Waals surface area contributed by atoms with Crippen LogP contribution in [0.1, 0.15) is 0 Å². The first-order valence-corrected chi connectivity index (χ1v) is 10.5. The highest BCUT2D eigenvalue weighted by molar-refractivity contribution is 7.89. The number of aliphatic carboxylic acids is 1. The second-order valence-electron chi connectivity index (χ2n) is 6.00. The molecule has 0 unspecified atom stereocenters. The number of piperazine rings is 1. The summed E-state index contributed by atoms with van der Waals surface area (Å²) in [5.74, 6) is -1.97. The van der Waals surface area contributed by atoms with E-state index in [-0.39, 0.29) is 30.5 Å². The van der Waals surface area contributed by atoms with Gasteiger partial charge in [-0.1, -0.05) is 0 Å². The molecule has 1 aromatic carbocycles. The standard InChI is InChI=1S/C15H15F3N4O6S2/c1-27-13-19-14(29-20-13)21-6-7-22(11(8-21)12(23)24)30(25,26)10-4-2-9(3-5-10)28-15(16,17)18/h2-5,11H,6-8H2,1H3,(H,23,24)/t11-/m1/s1. The van der Waals surface area contributed by atoms with Gasteiger partial charge in [0.1, 0.15) is 11.8 Å². The van der Waals surface area contributed by atoms with Gasteiger partial charge in [0.2, 0.25) is 15.2 Å². The number of methoxy groups -OCH3 is 1. The normalized spacial score (nSPS) is 18.3. The molecular formula is C15H15F3N4O6S2. The van der Waals surface area contributed by atoms with Crippen LogP contribution in [-0.4, -0.2) is 72.3 Å². The third-order valence-electron chi connectivity index (χ3n) is 4.13. The molecule has 15 heteroatoms. The van der Waals surface area contributed by atoms with Crippen LogP contribution in [0.3, 0.4) is 0 Å². The fourth-order valence-corrected chi connectivity index (χ4v) is 5.03. The maximum absolute atomic E-state index is 12.9. The van der Waals surface area contributed by atoms with Gasteiger partial charge in [0.25, 0.3) is 0 Å². The van der Waals surface area contributed by atoms with Crippen molar-refractivity contribution in [2.45, 2.75) is 17.3 Å². The zero-order valence-electron chi connectivity index (χ0n) is 15.2. The van der Waals surface area contributed by atoms with E-state index >= 15 is 0 Å². The Bertz CT molecular complexity index is 1010. The number of benzene rings is 1. The van der Waals surface area contributed by atoms with Gasteiger partial charge in [-0.15, -0.1) is 17.5 Å². The predicted molar refractivity (Wildman–Crippen MR) is 97.1 cm³/mol. The molecule has 1 saturated heterocycles. The molecule has 1 aliphatic heterocycles. The van der Waals surface area contributed by atoms with Crippen molar-refractivity contribution in [1.82, 2.24) is 13.7 Å². The number of carbonyl (C=O) groups is 1. The molecule has 0 radical (unpaired) electrons. The fourth-order valence-electron chi connectivity index (χ4n) is 2.79. The van der Waals surface area contributed by atoms with Gasteiger partial charge in [-0.2, -0.15) is 9.29 Å². The summed E-state index contributed by atoms with van der Waals surface area (Å²) >= 11 is 0.979. The maximum Gasteiger partial charge on any atom is 0.573 e. The maximum atomic E-state index is 12.9. The van der Waals surface area contributed by atoms with E-state index in [0.29, 0.717) is 5.13 Å². The van der Waals surface area contributed by atoms with Crippen molar-refractivity contribution in [1.29, 1.82) is 0 Å². The number of anilines is 1. The van der Waals surface area contributed by atoms with Crippen LogP contribution >= 0.6 is 11.5 Å². The second kappa shape index (κ2) is 8.23. The Morgan fingerprint density at radius 1 is 1.27 bits per heavy atom. The average molecular weight is 468 g/mol. The zero-order chi connectivity index (χ0) is 22.1. The molecular weight excluding hydrogens is 453 g/mol. The van der Waals surface area contributed by atoms with Crippen molar-refractivity contribution >= 4 is 32.7 Å². The summed E-state index contributed by atoms with van der Waals surface area (Å²) in [6.07, 6.45) is -4.92. The van der Waals surface area contributed by atoms with Crippen LogP contribution in [-0.2, 0) is 14.8 Å². The van der Waals surface area contributed by atoms with Crippen molar-refractivity contribution in [3.8, 4) is 11.8 Å². The van der Waals surface area contributed by atoms with Crippen molar-refractivity contribution in [2.24, 2.45) is 0 Å². The van der Waals surface area contributed by atoms with E-state index in [9.17, 15) is 31.5 Å². The Balaban J connectivity index is 1.81. The van der Waals surface area contributed by atoms with Crippen molar-refractivity contribution in [2.75, 3.05) is 31.6 Å². The second-order valence-corrected chi connectivity index (χ2v) is 8.62. The molecule has 0 spiro atoms. The van der Waals surface area contributed by atoms with E-state index in [4.69, 9.17) is 4.74 Å². The molecule has 0 bridgehead atoms. The van der Waals surface area contributed by atoms with Crippen molar-refractivity contribution in [3.63, 3.8) is 0 Å². The van der Waals surface area contributed by atoms with E-state index in [2.05, 4.69) is 14.1 Å². The lowest BCUT2D eigenvalue weighted by Crippen LogP contribution is -2.58. The minimum atomic E-state index is -4.92. The Morgan fingerprint density at radius 3 is 2.47 bits per heavy atom. The SMILES string of the molecule is COc1nsc(N2CCN(S(=O)(=O)c3ccc(OC(F)(F)F)cc3)[C@@H](C(=O)O)C2)n1. The van der Waals surface area contributed by atoms with Gasteiger partial charge in [0.05, 0.1) is 12.0 Å². The van der Waals surface area contributed by atoms with Crippen molar-refractivity contribution in [3.05, 3.63) is 24.3 Å². The molecule has 3 rings (SSSR count). The van der Waals surface area contributed by atoms with Crippen LogP contribution in [0.2, 0.25) is 0 Å². The van der Waals surface area contributed by atoms with Gasteiger partial charge in [0.15, 0.2) is 0 Å². The number of aromatic nitrogens is 2. The highest BCUT2D eigenvalue weighted by Gasteiger charge is 2.41. The molecule has 164 valence electrons. The Morgan fingerprint density at radius 2 is 1.93 bits per heavy atom. The number of hydrogen-bond acceptors (Lipinski definition) is 9. The van der Waals surface area contributed by atoms with Crippen LogP contribution in [0.5, 0.6) is 11.8 Å². The number of sulfonamides is 1. The van der Waals surface area contributed by atoms with E-state index in [1.54, 1.807) is 4.90 Å². The number of ether oxygens (including phenoxy) is 2. The summed E-state index contributed by atoms with van der Waals surface area (Å²) in [5.41, 5.74) is 0. The summed E-state index contributed by atoms with van der Waals surface area (Å²) in [6.45, 7) is -0.235. The van der Waals surface area contributed by atoms with Gasteiger partial charge in [-0.05, 0) is 24.3 Å². The average Bonchev–Trinajstić information content (AvgIpc) is 3.16. The van der Waals surface area contributed by atoms with Gasteiger partial charge in [-0.25, -0.2) is 8.42 Å². The third kappa shape index (κ3) is 4.73. The van der Waals surface area contributed by atoms with Gasteiger partial charge >= 0.3 is 18.3 Å². The quantitative estimate of drug-likeness (QED) is 0.670. The number of hydrogen-bond donors (Lipinski definition) is 1. The van der Waals surface area contributed by atoms with Crippen LogP contribution < -0.4 is 14.4 Å². The summed E-state index contributed by atoms with van der Waals surface area (Å²) in [7, 11) is -2.91. The lowest BCUT2D eigenvalue weighted by molar-refractivity contribution is -0.274. The molecule has 2 heterocycles. The molecule has 1 aliphatic rings. The summed E-state index contributed by atoms with van der Waals surface area (Å²) < 4.78 is 76.0. The highest BCUT2D eigenvalue weighted by Crippen LogP contribution is 2.29. The lowest BCUT2D eigenvalue weighted by atomic mass is 10.2. The van der Waals surface area contributed by atoms with E-state index in [1.165, 1.54) is 7.11 Å². The highest BCUT2D eigenvalue weighted by atomic mass is 32.2. The van der Waals surface area contributed by atoms with Crippen LogP contribution in [0.4, 0.5) is 18.3 Å². The number of carboxylic acid groups (broad SMARTS) is 1. The Hall–Kier alpha value is -2.65. The molecule has 10 nitrogen and oxygen atoms in total. The van der Waals surface area contributed by atoms with E-state index in [0.717, 1.165) is 40.1 Å². The molecule has 1 atom stereocenters. The minimum absolute atomic E-state index is 0.109. The molecule has 30 heavy (non-hydrogen) atoms. The first-order chi connectivity index (χ1) is 14.0. The summed E-state index contributed by atoms with van der Waals surface area (Å²) in [4.78, 5) is 17.1. The smallest absolute Gasteiger partial charge is 0.480 e. The topological polar surface area (TPSA) is 122 Å². The van der Waals surface area contributed by atoms with Crippen molar-refractivity contribution < 1.29 is 41.0 Å². The molecule has 0 amide bonds. The number of nitrogens with zero attached hydrogens (tertiary/aromatic N) is 4. The monoisotopic (exact) mass is 468 g/mol. The van der Waals surface area contributed by atoms with Gasteiger partial charge in [-0.3, -0.25) is 4.79 Å². The first kappa shape index (κ1) is 22.0. The molecule has 1 N–H and O–H groups in total. The van der Waals surface area contributed by atoms with Crippen LogP contribution in [0, 0.1) is 0 Å². The molecule has 1 aromatic heterocycles. The molecule has 1 fully saturated rings. The fraction of sp³-hybridized carbons (Fsp3) is 0.400. The molecule has 0 aliphatic carbocycles. The summed E-state index contributed by atoms with van der Waals surface area (Å²) in [5, 5.41) is 9.95. The van der Waals surface area contributed by atoms with Crippen LogP contribution in [0.25, 0.3) is 0 Å². The number of rotatable bonds is 6. The van der Waals surface area contributed by atoms with Gasteiger partial charge < -0.3 is 19.5 Å². The number of alkyl halides is 3. The minimum Gasteiger partial charge on any atom is -0.480 e. The first-order valence-electron chi connectivity index (χ1n) is 8.24. The molecule has 0 saturated carbocycles. The Labute approximate surface area is 172 Å². The third-order valence-corrected chi connectivity index (χ3v) is 6.81. The number of halogens is 3.